The SMILES string of the molecule is C.C[C@]12Cc3cnn(-c4ccc(F)cc4)c3C=C1CC[C@@H]2[C@@H](O)c1ccc(F)cc1.C[C@]12Cc3cnn(-c4ccc(F)cc4)c3C=C1CC[C@@H]2[C@H](O)c1ccc(F)cc1. The number of aromatic nitrogens is 4. The summed E-state index contributed by atoms with van der Waals surface area (Å²) in [5.41, 5.74) is 9.75. The van der Waals surface area contributed by atoms with Crippen molar-refractivity contribution in [2.24, 2.45) is 22.7 Å². The molecule has 10 heteroatoms. The zero-order valence-electron chi connectivity index (χ0n) is 32.3. The zero-order chi connectivity index (χ0) is 40.3. The number of aliphatic hydroxyl groups is 2. The highest BCUT2D eigenvalue weighted by Gasteiger charge is 2.50. The van der Waals surface area contributed by atoms with Crippen molar-refractivity contribution >= 4 is 12.2 Å². The first-order chi connectivity index (χ1) is 27.9. The maximum atomic E-state index is 13.3. The monoisotopic (exact) mass is 800 g/mol. The topological polar surface area (TPSA) is 76.1 Å². The second kappa shape index (κ2) is 15.5. The van der Waals surface area contributed by atoms with Crippen molar-refractivity contribution in [2.75, 3.05) is 0 Å². The van der Waals surface area contributed by atoms with Gasteiger partial charge in [0, 0.05) is 0 Å². The van der Waals surface area contributed by atoms with Gasteiger partial charge in [-0.05, 0) is 168 Å². The van der Waals surface area contributed by atoms with E-state index in [1.165, 1.54) is 59.7 Å². The van der Waals surface area contributed by atoms with Gasteiger partial charge in [0.1, 0.15) is 23.3 Å². The van der Waals surface area contributed by atoms with E-state index >= 15 is 0 Å². The standard InChI is InChI=1S/2C24H22F2N2O.CH4/c2*1-24-13-16-14-27-28(20-9-7-19(26)8-10-20)22(16)12-17(24)4-11-21(24)23(29)15-2-5-18(25)6-3-15;/h2*2-3,5-10,12,14,21,23,29H,4,11,13H2,1H3;1H4/t21-,23+,24+;21-,23-,24+;/m11./s1. The number of benzene rings is 4. The Balaban J connectivity index is 0.000000161. The van der Waals surface area contributed by atoms with Gasteiger partial charge in [-0.15, -0.1) is 0 Å². The van der Waals surface area contributed by atoms with Gasteiger partial charge in [-0.2, -0.15) is 10.2 Å². The van der Waals surface area contributed by atoms with Crippen molar-refractivity contribution in [2.45, 2.75) is 72.0 Å². The van der Waals surface area contributed by atoms with Gasteiger partial charge < -0.3 is 10.2 Å². The predicted molar refractivity (Wildman–Crippen MR) is 222 cm³/mol. The Labute approximate surface area is 342 Å². The molecule has 10 rings (SSSR count). The molecule has 4 aliphatic carbocycles. The minimum absolute atomic E-state index is 0. The summed E-state index contributed by atoms with van der Waals surface area (Å²) in [7, 11) is 0. The quantitative estimate of drug-likeness (QED) is 0.165. The molecule has 4 aromatic carbocycles. The molecule has 0 unspecified atom stereocenters. The van der Waals surface area contributed by atoms with Crippen LogP contribution in [-0.2, 0) is 12.8 Å². The van der Waals surface area contributed by atoms with Crippen molar-refractivity contribution in [1.82, 2.24) is 19.6 Å². The van der Waals surface area contributed by atoms with Gasteiger partial charge in [0.2, 0.25) is 0 Å². The fourth-order valence-electron chi connectivity index (χ4n) is 10.1. The van der Waals surface area contributed by atoms with Crippen LogP contribution >= 0.6 is 0 Å². The van der Waals surface area contributed by atoms with Crippen LogP contribution in [0.4, 0.5) is 17.6 Å². The minimum Gasteiger partial charge on any atom is -0.388 e. The van der Waals surface area contributed by atoms with Crippen LogP contribution < -0.4 is 0 Å². The Kier molecular flexibility index (Phi) is 10.6. The smallest absolute Gasteiger partial charge is 0.123 e. The minimum atomic E-state index is -0.639. The molecule has 59 heavy (non-hydrogen) atoms. The Morgan fingerprint density at radius 2 is 0.864 bits per heavy atom. The first kappa shape index (κ1) is 40.2. The van der Waals surface area contributed by atoms with E-state index in [9.17, 15) is 27.8 Å². The molecule has 6 atom stereocenters. The molecule has 0 radical (unpaired) electrons. The number of allylic oxidation sites excluding steroid dienone is 2. The molecule has 0 amide bonds. The average Bonchev–Trinajstić information content (AvgIpc) is 3.99. The van der Waals surface area contributed by atoms with Gasteiger partial charge in [0.15, 0.2) is 0 Å². The van der Waals surface area contributed by atoms with Gasteiger partial charge in [-0.3, -0.25) is 0 Å². The highest BCUT2D eigenvalue weighted by atomic mass is 19.1. The van der Waals surface area contributed by atoms with E-state index in [4.69, 9.17) is 0 Å². The number of halogens is 4. The van der Waals surface area contributed by atoms with E-state index in [2.05, 4.69) is 36.2 Å². The van der Waals surface area contributed by atoms with Crippen LogP contribution in [0.3, 0.4) is 0 Å². The third kappa shape index (κ3) is 7.16. The van der Waals surface area contributed by atoms with E-state index in [1.54, 1.807) is 48.5 Å². The molecule has 0 bridgehead atoms. The summed E-state index contributed by atoms with van der Waals surface area (Å²) in [4.78, 5) is 0. The lowest BCUT2D eigenvalue weighted by atomic mass is 9.67. The van der Waals surface area contributed by atoms with Crippen LogP contribution in [0, 0.1) is 45.9 Å². The Hall–Kier alpha value is -5.58. The normalized spacial score (nSPS) is 23.6. The van der Waals surface area contributed by atoms with E-state index in [0.717, 1.165) is 83.5 Å². The van der Waals surface area contributed by atoms with Crippen LogP contribution in [0.15, 0.2) is 121 Å². The van der Waals surface area contributed by atoms with Gasteiger partial charge in [0.25, 0.3) is 0 Å². The molecule has 6 aromatic rings. The summed E-state index contributed by atoms with van der Waals surface area (Å²) in [6.45, 7) is 4.42. The summed E-state index contributed by atoms with van der Waals surface area (Å²) >= 11 is 0. The Bertz CT molecular complexity index is 2350. The highest BCUT2D eigenvalue weighted by molar-refractivity contribution is 5.63. The van der Waals surface area contributed by atoms with Crippen LogP contribution in [0.1, 0.15) is 92.8 Å². The largest absolute Gasteiger partial charge is 0.388 e. The molecule has 2 heterocycles. The number of hydrogen-bond acceptors (Lipinski definition) is 4. The van der Waals surface area contributed by atoms with Gasteiger partial charge in [-0.1, -0.05) is 56.7 Å². The summed E-state index contributed by atoms with van der Waals surface area (Å²) in [5.74, 6) is -1.02. The van der Waals surface area contributed by atoms with Crippen molar-refractivity contribution in [3.63, 3.8) is 0 Å². The fraction of sp³-hybridized carbons (Fsp3) is 0.306. The van der Waals surface area contributed by atoms with Crippen molar-refractivity contribution < 1.29 is 27.8 Å². The zero-order valence-corrected chi connectivity index (χ0v) is 32.3. The lowest BCUT2D eigenvalue weighted by Gasteiger charge is -2.38. The lowest BCUT2D eigenvalue weighted by Crippen LogP contribution is -2.32. The average molecular weight is 801 g/mol. The number of hydrogen-bond donors (Lipinski definition) is 2. The van der Waals surface area contributed by atoms with E-state index < -0.39 is 12.2 Å². The molecule has 6 nitrogen and oxygen atoms in total. The number of aliphatic hydroxyl groups excluding tert-OH is 2. The molecule has 2 N–H and O–H groups in total. The third-order valence-electron chi connectivity index (χ3n) is 13.4. The molecule has 304 valence electrons. The van der Waals surface area contributed by atoms with E-state index in [1.807, 2.05) is 21.8 Å². The molecular formula is C49H48F4N4O2. The van der Waals surface area contributed by atoms with Crippen molar-refractivity contribution in [3.05, 3.63) is 178 Å². The number of fused-ring (bicyclic) bond motifs is 4. The van der Waals surface area contributed by atoms with Crippen molar-refractivity contribution in [1.29, 1.82) is 0 Å². The Morgan fingerprint density at radius 1 is 0.542 bits per heavy atom. The molecule has 2 fully saturated rings. The first-order valence-corrected chi connectivity index (χ1v) is 19.9. The van der Waals surface area contributed by atoms with E-state index in [0.29, 0.717) is 0 Å². The van der Waals surface area contributed by atoms with Gasteiger partial charge in [-0.25, -0.2) is 26.9 Å². The molecule has 0 spiro atoms. The summed E-state index contributed by atoms with van der Waals surface area (Å²) in [5, 5.41) is 31.2. The maximum absolute atomic E-state index is 13.3. The van der Waals surface area contributed by atoms with Crippen LogP contribution in [0.5, 0.6) is 0 Å². The van der Waals surface area contributed by atoms with E-state index in [-0.39, 0.29) is 53.4 Å². The number of nitrogens with zero attached hydrogens (tertiary/aromatic N) is 4. The molecule has 0 aliphatic heterocycles. The highest BCUT2D eigenvalue weighted by Crippen LogP contribution is 2.58. The third-order valence-corrected chi connectivity index (χ3v) is 13.4. The Morgan fingerprint density at radius 3 is 1.20 bits per heavy atom. The van der Waals surface area contributed by atoms with Crippen LogP contribution in [0.25, 0.3) is 23.5 Å². The molecule has 2 saturated carbocycles. The molecular weight excluding hydrogens is 753 g/mol. The summed E-state index contributed by atoms with van der Waals surface area (Å²) in [6, 6.07) is 25.0. The summed E-state index contributed by atoms with van der Waals surface area (Å²) < 4.78 is 56.8. The van der Waals surface area contributed by atoms with Gasteiger partial charge in [0.05, 0.1) is 47.4 Å². The number of rotatable bonds is 6. The van der Waals surface area contributed by atoms with Crippen LogP contribution in [0.2, 0.25) is 0 Å². The fourth-order valence-corrected chi connectivity index (χ4v) is 10.1. The van der Waals surface area contributed by atoms with Crippen LogP contribution in [-0.4, -0.2) is 29.8 Å². The summed E-state index contributed by atoms with van der Waals surface area (Å²) in [6.07, 6.45) is 12.0. The van der Waals surface area contributed by atoms with Gasteiger partial charge >= 0.3 is 0 Å². The lowest BCUT2D eigenvalue weighted by molar-refractivity contribution is 0.0553. The molecule has 0 saturated heterocycles. The second-order valence-electron chi connectivity index (χ2n) is 16.7. The van der Waals surface area contributed by atoms with Crippen molar-refractivity contribution in [3.8, 4) is 11.4 Å². The molecule has 2 aromatic heterocycles. The molecule has 4 aliphatic rings. The second-order valence-corrected chi connectivity index (χ2v) is 16.7. The predicted octanol–water partition coefficient (Wildman–Crippen LogP) is 11.1. The maximum Gasteiger partial charge on any atom is 0.123 e. The first-order valence-electron chi connectivity index (χ1n) is 19.9.